The van der Waals surface area contributed by atoms with Crippen LogP contribution in [0.5, 0.6) is 0 Å². The second kappa shape index (κ2) is 18.4. The van der Waals surface area contributed by atoms with Gasteiger partial charge in [-0.2, -0.15) is 12.6 Å². The van der Waals surface area contributed by atoms with Gasteiger partial charge in [0.05, 0.1) is 18.1 Å². The quantitative estimate of drug-likeness (QED) is 0.121. The van der Waals surface area contributed by atoms with Crippen LogP contribution in [0.25, 0.3) is 0 Å². The van der Waals surface area contributed by atoms with Crippen molar-refractivity contribution in [1.29, 1.82) is 0 Å². The van der Waals surface area contributed by atoms with E-state index in [2.05, 4.69) is 31.7 Å². The van der Waals surface area contributed by atoms with Crippen molar-refractivity contribution >= 4 is 24.4 Å². The molecule has 0 rings (SSSR count). The van der Waals surface area contributed by atoms with Gasteiger partial charge < -0.3 is 15.9 Å². The average Bonchev–Trinajstić information content (AvgIpc) is 2.70. The molecule has 0 fully saturated rings. The molecule has 0 radical (unpaired) electrons. The van der Waals surface area contributed by atoms with Crippen molar-refractivity contribution < 1.29 is 19.8 Å². The lowest BCUT2D eigenvalue weighted by Gasteiger charge is -2.21. The second-order valence-electron chi connectivity index (χ2n) is 6.97. The van der Waals surface area contributed by atoms with Crippen LogP contribution in [0.15, 0.2) is 48.6 Å². The van der Waals surface area contributed by atoms with E-state index in [1.165, 1.54) is 19.3 Å². The molecular weight excluding hydrogens is 386 g/mol. The van der Waals surface area contributed by atoms with E-state index in [1.54, 1.807) is 18.2 Å². The summed E-state index contributed by atoms with van der Waals surface area (Å²) in [4.78, 5) is 23.0. The van der Waals surface area contributed by atoms with Crippen molar-refractivity contribution in [2.75, 3.05) is 5.75 Å². The zero-order valence-corrected chi connectivity index (χ0v) is 18.3. The Bertz CT molecular complexity index is 569. The van der Waals surface area contributed by atoms with Crippen molar-refractivity contribution in [3.63, 3.8) is 0 Å². The van der Waals surface area contributed by atoms with Gasteiger partial charge in [0, 0.05) is 12.2 Å². The molecule has 164 valence electrons. The highest BCUT2D eigenvalue weighted by Crippen LogP contribution is 2.16. The molecule has 0 bridgehead atoms. The van der Waals surface area contributed by atoms with Crippen LogP contribution in [0.4, 0.5) is 0 Å². The van der Waals surface area contributed by atoms with E-state index in [0.29, 0.717) is 6.42 Å². The molecule has 0 aliphatic carbocycles. The summed E-state index contributed by atoms with van der Waals surface area (Å²) in [5, 5.41) is 19.0. The number of nitrogens with two attached hydrogens (primary N) is 1. The van der Waals surface area contributed by atoms with Crippen LogP contribution in [-0.2, 0) is 9.59 Å². The SMILES string of the molecule is CCCCCC=CCC=C/C=C\C=C\[C@@H](C(=O)C(N)CS)[C@@H](O)CCCC(=O)O. The number of aliphatic hydroxyl groups is 1. The first kappa shape index (κ1) is 27.4. The Morgan fingerprint density at radius 1 is 1.03 bits per heavy atom. The maximum atomic E-state index is 12.4. The lowest BCUT2D eigenvalue weighted by molar-refractivity contribution is -0.137. The zero-order valence-electron chi connectivity index (χ0n) is 17.5. The van der Waals surface area contributed by atoms with E-state index in [4.69, 9.17) is 10.8 Å². The lowest BCUT2D eigenvalue weighted by atomic mass is 9.90. The molecule has 29 heavy (non-hydrogen) atoms. The fourth-order valence-corrected chi connectivity index (χ4v) is 2.85. The van der Waals surface area contributed by atoms with Gasteiger partial charge >= 0.3 is 5.97 Å². The summed E-state index contributed by atoms with van der Waals surface area (Å²) < 4.78 is 0. The summed E-state index contributed by atoms with van der Waals surface area (Å²) in [6.45, 7) is 2.19. The van der Waals surface area contributed by atoms with Crippen molar-refractivity contribution in [2.45, 2.75) is 70.4 Å². The minimum atomic E-state index is -0.967. The molecule has 0 aromatic rings. The Hall–Kier alpha value is -1.63. The number of carbonyl (C=O) groups excluding carboxylic acids is 1. The number of ketones is 1. The predicted octanol–water partition coefficient (Wildman–Crippen LogP) is 4.24. The van der Waals surface area contributed by atoms with Gasteiger partial charge in [0.15, 0.2) is 5.78 Å². The summed E-state index contributed by atoms with van der Waals surface area (Å²) in [7, 11) is 0. The minimum absolute atomic E-state index is 0.0436. The van der Waals surface area contributed by atoms with Gasteiger partial charge in [-0.05, 0) is 32.1 Å². The van der Waals surface area contributed by atoms with Crippen molar-refractivity contribution in [3.8, 4) is 0 Å². The smallest absolute Gasteiger partial charge is 0.303 e. The molecule has 0 saturated heterocycles. The number of hydrogen-bond acceptors (Lipinski definition) is 5. The topological polar surface area (TPSA) is 101 Å². The number of carbonyl (C=O) groups is 2. The number of Topliss-reactive ketones (excluding diaryl/α,β-unsaturated/α-hetero) is 1. The molecule has 0 aliphatic rings. The Labute approximate surface area is 180 Å². The van der Waals surface area contributed by atoms with Crippen LogP contribution in [0, 0.1) is 5.92 Å². The maximum absolute atomic E-state index is 12.4. The van der Waals surface area contributed by atoms with Crippen molar-refractivity contribution in [1.82, 2.24) is 0 Å². The summed E-state index contributed by atoms with van der Waals surface area (Å²) in [5.41, 5.74) is 5.77. The van der Waals surface area contributed by atoms with E-state index in [1.807, 2.05) is 18.2 Å². The first-order valence-corrected chi connectivity index (χ1v) is 11.0. The Morgan fingerprint density at radius 3 is 2.41 bits per heavy atom. The van der Waals surface area contributed by atoms with E-state index in [9.17, 15) is 14.7 Å². The summed E-state index contributed by atoms with van der Waals surface area (Å²) in [6, 6.07) is -0.768. The summed E-state index contributed by atoms with van der Waals surface area (Å²) in [6.07, 6.45) is 20.6. The Balaban J connectivity index is 4.58. The minimum Gasteiger partial charge on any atom is -0.481 e. The third-order valence-corrected chi connectivity index (χ3v) is 4.79. The standard InChI is InChI=1S/C23H37NO4S/c1-2-3-4-5-6-7-8-9-10-11-12-13-15-19(23(28)20(24)18-29)21(25)16-14-17-22(26)27/h6-7,9-13,15,19-21,25,29H,2-5,8,14,16-18,24H2,1H3,(H,26,27)/b7-6?,10-9?,12-11-,15-13+/t19-,20?,21+/m1/s1. The first-order chi connectivity index (χ1) is 13.9. The van der Waals surface area contributed by atoms with Crippen LogP contribution in [0.3, 0.4) is 0 Å². The predicted molar refractivity (Wildman–Crippen MR) is 123 cm³/mol. The summed E-state index contributed by atoms with van der Waals surface area (Å²) >= 11 is 4.05. The van der Waals surface area contributed by atoms with Crippen LogP contribution in [0.1, 0.15) is 58.3 Å². The highest BCUT2D eigenvalue weighted by Gasteiger charge is 2.27. The third-order valence-electron chi connectivity index (χ3n) is 4.40. The molecule has 3 atom stereocenters. The molecule has 0 aromatic carbocycles. The molecule has 5 nitrogen and oxygen atoms in total. The highest BCUT2D eigenvalue weighted by atomic mass is 32.1. The number of aliphatic hydroxyl groups excluding tert-OH is 1. The van der Waals surface area contributed by atoms with Crippen LogP contribution in [0.2, 0.25) is 0 Å². The normalized spacial score (nSPS) is 15.6. The molecule has 0 aliphatic heterocycles. The van der Waals surface area contributed by atoms with E-state index < -0.39 is 24.0 Å². The van der Waals surface area contributed by atoms with Gasteiger partial charge in [-0.15, -0.1) is 0 Å². The highest BCUT2D eigenvalue weighted by molar-refractivity contribution is 7.80. The number of rotatable bonds is 17. The maximum Gasteiger partial charge on any atom is 0.303 e. The monoisotopic (exact) mass is 423 g/mol. The number of carboxylic acids is 1. The number of allylic oxidation sites excluding steroid dienone is 7. The van der Waals surface area contributed by atoms with Gasteiger partial charge in [-0.25, -0.2) is 0 Å². The molecular formula is C23H37NO4S. The van der Waals surface area contributed by atoms with E-state index in [0.717, 1.165) is 12.8 Å². The second-order valence-corrected chi connectivity index (χ2v) is 7.34. The van der Waals surface area contributed by atoms with Crippen LogP contribution < -0.4 is 5.73 Å². The fourth-order valence-electron chi connectivity index (χ4n) is 2.67. The number of hydrogen-bond donors (Lipinski definition) is 4. The van der Waals surface area contributed by atoms with Crippen molar-refractivity contribution in [2.24, 2.45) is 11.7 Å². The zero-order chi connectivity index (χ0) is 21.9. The van der Waals surface area contributed by atoms with E-state index >= 15 is 0 Å². The van der Waals surface area contributed by atoms with Gasteiger partial charge in [0.25, 0.3) is 0 Å². The van der Waals surface area contributed by atoms with Gasteiger partial charge in [0.1, 0.15) is 0 Å². The molecule has 0 aromatic heterocycles. The average molecular weight is 424 g/mol. The van der Waals surface area contributed by atoms with Crippen LogP contribution in [-0.4, -0.2) is 39.9 Å². The number of carboxylic acid groups (broad SMARTS) is 1. The van der Waals surface area contributed by atoms with E-state index in [-0.39, 0.29) is 24.4 Å². The van der Waals surface area contributed by atoms with Gasteiger partial charge in [-0.1, -0.05) is 68.4 Å². The molecule has 6 heteroatoms. The fraction of sp³-hybridized carbons (Fsp3) is 0.565. The van der Waals surface area contributed by atoms with Crippen LogP contribution >= 0.6 is 12.6 Å². The Kier molecular flexibility index (Phi) is 17.4. The van der Waals surface area contributed by atoms with Gasteiger partial charge in [-0.3, -0.25) is 9.59 Å². The Morgan fingerprint density at radius 2 is 1.76 bits per heavy atom. The summed E-state index contributed by atoms with van der Waals surface area (Å²) in [5.74, 6) is -1.80. The molecule has 0 heterocycles. The number of unbranched alkanes of at least 4 members (excludes halogenated alkanes) is 3. The third kappa shape index (κ3) is 14.9. The van der Waals surface area contributed by atoms with Crippen molar-refractivity contribution in [3.05, 3.63) is 48.6 Å². The largest absolute Gasteiger partial charge is 0.481 e. The molecule has 0 amide bonds. The lowest BCUT2D eigenvalue weighted by Crippen LogP contribution is -2.41. The number of aliphatic carboxylic acids is 1. The molecule has 0 saturated carbocycles. The molecule has 1 unspecified atom stereocenters. The molecule has 4 N–H and O–H groups in total. The number of thiol groups is 1. The molecule has 0 spiro atoms. The van der Waals surface area contributed by atoms with Gasteiger partial charge in [0.2, 0.25) is 0 Å². The first-order valence-electron chi connectivity index (χ1n) is 10.4.